The zero-order chi connectivity index (χ0) is 17.1. The van der Waals surface area contributed by atoms with Gasteiger partial charge >= 0.3 is 0 Å². The molecule has 24 heavy (non-hydrogen) atoms. The molecule has 0 aliphatic carbocycles. The Labute approximate surface area is 152 Å². The van der Waals surface area contributed by atoms with Crippen LogP contribution in [0.3, 0.4) is 0 Å². The lowest BCUT2D eigenvalue weighted by molar-refractivity contribution is 0.297. The van der Waals surface area contributed by atoms with E-state index in [9.17, 15) is 8.60 Å². The molecule has 1 aliphatic heterocycles. The molecular weight excluding hydrogens is 374 g/mol. The molecule has 7 heteroatoms. The van der Waals surface area contributed by atoms with Gasteiger partial charge in [0.2, 0.25) is 0 Å². The van der Waals surface area contributed by atoms with Crippen molar-refractivity contribution in [2.75, 3.05) is 13.2 Å². The van der Waals surface area contributed by atoms with Gasteiger partial charge in [-0.3, -0.25) is 4.21 Å². The largest absolute Gasteiger partial charge is 0.489 e. The van der Waals surface area contributed by atoms with Crippen LogP contribution in [-0.2, 0) is 22.3 Å². The maximum Gasteiger partial charge on any atom is 0.179 e. The van der Waals surface area contributed by atoms with Gasteiger partial charge in [0.15, 0.2) is 11.5 Å². The molecule has 0 amide bonds. The molecule has 128 valence electrons. The van der Waals surface area contributed by atoms with Gasteiger partial charge in [0.05, 0.1) is 24.0 Å². The Morgan fingerprint density at radius 3 is 2.62 bits per heavy atom. The average Bonchev–Trinajstić information content (AvgIpc) is 2.76. The van der Waals surface area contributed by atoms with Gasteiger partial charge in [-0.15, -0.1) is 0 Å². The Morgan fingerprint density at radius 1 is 1.04 bits per heavy atom. The van der Waals surface area contributed by atoms with Crippen molar-refractivity contribution >= 4 is 34.0 Å². The number of ether oxygens (including phenoxy) is 2. The average molecular weight is 389 g/mol. The second-order valence-corrected chi connectivity index (χ2v) is 7.69. The SMILES string of the molecule is O=[S@](Cc1cc(Cl)c2c(c1)OCCCO2)Cc1ccc(F)cc1Cl. The number of rotatable bonds is 4. The summed E-state index contributed by atoms with van der Waals surface area (Å²) in [5.74, 6) is 1.23. The smallest absolute Gasteiger partial charge is 0.179 e. The highest BCUT2D eigenvalue weighted by molar-refractivity contribution is 7.83. The van der Waals surface area contributed by atoms with Gasteiger partial charge in [-0.2, -0.15) is 0 Å². The molecule has 1 heterocycles. The van der Waals surface area contributed by atoms with E-state index in [0.717, 1.165) is 12.0 Å². The molecule has 3 nitrogen and oxygen atoms in total. The zero-order valence-electron chi connectivity index (χ0n) is 12.7. The van der Waals surface area contributed by atoms with Crippen LogP contribution in [0, 0.1) is 5.82 Å². The van der Waals surface area contributed by atoms with Gasteiger partial charge in [-0.25, -0.2) is 4.39 Å². The molecule has 0 aromatic heterocycles. The normalized spacial score (nSPS) is 15.0. The summed E-state index contributed by atoms with van der Waals surface area (Å²) in [6, 6.07) is 7.62. The van der Waals surface area contributed by atoms with Crippen LogP contribution in [0.4, 0.5) is 4.39 Å². The van der Waals surface area contributed by atoms with Crippen molar-refractivity contribution in [1.82, 2.24) is 0 Å². The van der Waals surface area contributed by atoms with E-state index in [1.165, 1.54) is 12.1 Å². The van der Waals surface area contributed by atoms with Crippen molar-refractivity contribution < 1.29 is 18.1 Å². The molecule has 1 aliphatic rings. The monoisotopic (exact) mass is 388 g/mol. The predicted octanol–water partition coefficient (Wildman–Crippen LogP) is 4.74. The summed E-state index contributed by atoms with van der Waals surface area (Å²) in [5.41, 5.74) is 1.44. The molecule has 0 saturated heterocycles. The fourth-order valence-electron chi connectivity index (χ4n) is 2.42. The molecule has 0 saturated carbocycles. The lowest BCUT2D eigenvalue weighted by atomic mass is 10.2. The van der Waals surface area contributed by atoms with Crippen LogP contribution < -0.4 is 9.47 Å². The van der Waals surface area contributed by atoms with Crippen LogP contribution in [0.15, 0.2) is 30.3 Å². The first-order valence-corrected chi connectivity index (χ1v) is 9.64. The number of hydrogen-bond acceptors (Lipinski definition) is 3. The second kappa shape index (κ2) is 7.72. The molecule has 3 rings (SSSR count). The minimum Gasteiger partial charge on any atom is -0.489 e. The fraction of sp³-hybridized carbons (Fsp3) is 0.294. The Hall–Kier alpha value is -1.30. The van der Waals surface area contributed by atoms with Crippen molar-refractivity contribution in [1.29, 1.82) is 0 Å². The summed E-state index contributed by atoms with van der Waals surface area (Å²) in [7, 11) is -1.21. The third-order valence-corrected chi connectivity index (χ3v) is 5.44. The lowest BCUT2D eigenvalue weighted by Gasteiger charge is -2.12. The molecule has 0 unspecified atom stereocenters. The minimum absolute atomic E-state index is 0.241. The Kier molecular flexibility index (Phi) is 5.64. The van der Waals surface area contributed by atoms with E-state index in [2.05, 4.69) is 0 Å². The van der Waals surface area contributed by atoms with Crippen LogP contribution in [0.5, 0.6) is 11.5 Å². The van der Waals surface area contributed by atoms with Crippen molar-refractivity contribution in [3.8, 4) is 11.5 Å². The van der Waals surface area contributed by atoms with Gasteiger partial charge < -0.3 is 9.47 Å². The van der Waals surface area contributed by atoms with Gasteiger partial charge in [0.1, 0.15) is 5.82 Å². The summed E-state index contributed by atoms with van der Waals surface area (Å²) in [5, 5.41) is 0.723. The summed E-state index contributed by atoms with van der Waals surface area (Å²) < 4.78 is 36.7. The molecule has 0 fully saturated rings. The zero-order valence-corrected chi connectivity index (χ0v) is 15.0. The van der Waals surface area contributed by atoms with E-state index < -0.39 is 16.6 Å². The molecule has 1 atom stereocenters. The van der Waals surface area contributed by atoms with Crippen molar-refractivity contribution in [3.63, 3.8) is 0 Å². The van der Waals surface area contributed by atoms with E-state index in [1.54, 1.807) is 18.2 Å². The number of halogens is 3. The maximum atomic E-state index is 13.1. The van der Waals surface area contributed by atoms with E-state index in [4.69, 9.17) is 32.7 Å². The molecule has 0 radical (unpaired) electrons. The molecule has 0 spiro atoms. The number of benzene rings is 2. The first kappa shape index (κ1) is 17.5. The van der Waals surface area contributed by atoms with E-state index in [-0.39, 0.29) is 10.8 Å². The highest BCUT2D eigenvalue weighted by atomic mass is 35.5. The quantitative estimate of drug-likeness (QED) is 0.758. The predicted molar refractivity (Wildman–Crippen MR) is 94.0 cm³/mol. The van der Waals surface area contributed by atoms with E-state index >= 15 is 0 Å². The van der Waals surface area contributed by atoms with Crippen molar-refractivity contribution in [3.05, 3.63) is 57.3 Å². The van der Waals surface area contributed by atoms with Crippen LogP contribution in [0.2, 0.25) is 10.0 Å². The maximum absolute atomic E-state index is 13.1. The minimum atomic E-state index is -1.21. The molecule has 0 N–H and O–H groups in total. The third kappa shape index (κ3) is 4.21. The molecule has 2 aromatic carbocycles. The lowest BCUT2D eigenvalue weighted by Crippen LogP contribution is -2.02. The van der Waals surface area contributed by atoms with Crippen LogP contribution in [0.1, 0.15) is 17.5 Å². The van der Waals surface area contributed by atoms with Crippen LogP contribution in [0.25, 0.3) is 0 Å². The number of hydrogen-bond donors (Lipinski definition) is 0. The Balaban J connectivity index is 1.74. The van der Waals surface area contributed by atoms with E-state index in [0.29, 0.717) is 41.1 Å². The first-order valence-electron chi connectivity index (χ1n) is 7.40. The summed E-state index contributed by atoms with van der Waals surface area (Å²) in [6.45, 7) is 1.11. The topological polar surface area (TPSA) is 35.5 Å². The highest BCUT2D eigenvalue weighted by Gasteiger charge is 2.17. The second-order valence-electron chi connectivity index (χ2n) is 5.42. The summed E-state index contributed by atoms with van der Waals surface area (Å²) in [6.07, 6.45) is 0.787. The molecule has 2 aromatic rings. The van der Waals surface area contributed by atoms with Gasteiger partial charge in [-0.1, -0.05) is 29.3 Å². The van der Waals surface area contributed by atoms with Gasteiger partial charge in [0.25, 0.3) is 0 Å². The van der Waals surface area contributed by atoms with E-state index in [1.807, 2.05) is 0 Å². The Bertz CT molecular complexity index is 783. The van der Waals surface area contributed by atoms with Gasteiger partial charge in [-0.05, 0) is 35.4 Å². The molecular formula is C17H15Cl2FO3S. The van der Waals surface area contributed by atoms with Gasteiger partial charge in [0, 0.05) is 28.0 Å². The van der Waals surface area contributed by atoms with Crippen LogP contribution >= 0.6 is 23.2 Å². The number of fused-ring (bicyclic) bond motifs is 1. The van der Waals surface area contributed by atoms with Crippen molar-refractivity contribution in [2.45, 2.75) is 17.9 Å². The third-order valence-electron chi connectivity index (χ3n) is 3.52. The van der Waals surface area contributed by atoms with Crippen LogP contribution in [-0.4, -0.2) is 17.4 Å². The highest BCUT2D eigenvalue weighted by Crippen LogP contribution is 2.38. The molecule has 0 bridgehead atoms. The summed E-state index contributed by atoms with van der Waals surface area (Å²) >= 11 is 12.2. The Morgan fingerprint density at radius 2 is 1.83 bits per heavy atom. The summed E-state index contributed by atoms with van der Waals surface area (Å²) in [4.78, 5) is 0. The van der Waals surface area contributed by atoms with Crippen molar-refractivity contribution in [2.24, 2.45) is 0 Å². The standard InChI is InChI=1S/C17H15Cl2FO3S/c18-14-8-13(20)3-2-12(14)10-24(21)9-11-6-15(19)17-16(7-11)22-4-1-5-23-17/h2-3,6-8H,1,4-5,9-10H2/t24-/m1/s1. The first-order chi connectivity index (χ1) is 11.5. The fourth-order valence-corrected chi connectivity index (χ4v) is 4.26.